The summed E-state index contributed by atoms with van der Waals surface area (Å²) in [4.78, 5) is 32.6. The minimum atomic E-state index is 0.0215. The van der Waals surface area contributed by atoms with Crippen LogP contribution in [-0.4, -0.2) is 43.8 Å². The van der Waals surface area contributed by atoms with Gasteiger partial charge in [-0.1, -0.05) is 6.07 Å². The van der Waals surface area contributed by atoms with E-state index in [0.717, 1.165) is 47.2 Å². The summed E-state index contributed by atoms with van der Waals surface area (Å²) >= 11 is 1.58. The number of hydrogen-bond acceptors (Lipinski definition) is 7. The maximum Gasteiger partial charge on any atom is 0.246 e. The van der Waals surface area contributed by atoms with Gasteiger partial charge in [-0.25, -0.2) is 19.9 Å². The van der Waals surface area contributed by atoms with E-state index in [1.165, 1.54) is 0 Å². The molecule has 1 fully saturated rings. The summed E-state index contributed by atoms with van der Waals surface area (Å²) in [5, 5.41) is 6.16. The molecule has 0 bridgehead atoms. The Balaban J connectivity index is 1.43. The first-order valence-corrected chi connectivity index (χ1v) is 11.3. The maximum absolute atomic E-state index is 12.7. The zero-order valence-corrected chi connectivity index (χ0v) is 18.8. The maximum atomic E-state index is 12.7. The van der Waals surface area contributed by atoms with E-state index in [9.17, 15) is 4.79 Å². The van der Waals surface area contributed by atoms with Crippen LogP contribution in [-0.2, 0) is 4.79 Å². The molecule has 1 atom stereocenters. The largest absolute Gasteiger partial charge is 0.338 e. The van der Waals surface area contributed by atoms with E-state index in [4.69, 9.17) is 4.98 Å². The van der Waals surface area contributed by atoms with E-state index in [1.54, 1.807) is 23.5 Å². The summed E-state index contributed by atoms with van der Waals surface area (Å²) in [7, 11) is 0. The van der Waals surface area contributed by atoms with Gasteiger partial charge in [0.25, 0.3) is 0 Å². The van der Waals surface area contributed by atoms with Gasteiger partial charge in [0, 0.05) is 47.5 Å². The second kappa shape index (κ2) is 9.34. The molecule has 0 saturated carbocycles. The van der Waals surface area contributed by atoms with E-state index in [-0.39, 0.29) is 11.8 Å². The van der Waals surface area contributed by atoms with Crippen molar-refractivity contribution in [3.63, 3.8) is 0 Å². The van der Waals surface area contributed by atoms with E-state index >= 15 is 0 Å². The molecule has 0 aromatic carbocycles. The van der Waals surface area contributed by atoms with Crippen LogP contribution in [0.3, 0.4) is 0 Å². The van der Waals surface area contributed by atoms with Crippen molar-refractivity contribution in [3.05, 3.63) is 63.5 Å². The summed E-state index contributed by atoms with van der Waals surface area (Å²) < 4.78 is 0. The number of aromatic nitrogens is 4. The molecule has 1 N–H and O–H groups in total. The molecular formula is C23H26N6OS. The van der Waals surface area contributed by atoms with Crippen LogP contribution in [0, 0.1) is 20.8 Å². The first-order valence-electron chi connectivity index (χ1n) is 10.4. The van der Waals surface area contributed by atoms with Gasteiger partial charge in [0.15, 0.2) is 0 Å². The molecule has 4 rings (SSSR count). The first-order chi connectivity index (χ1) is 15.0. The van der Waals surface area contributed by atoms with Gasteiger partial charge in [-0.05, 0) is 57.9 Å². The minimum Gasteiger partial charge on any atom is -0.338 e. The number of rotatable bonds is 5. The Morgan fingerprint density at radius 1 is 1.16 bits per heavy atom. The van der Waals surface area contributed by atoms with Crippen molar-refractivity contribution in [2.75, 3.05) is 18.4 Å². The van der Waals surface area contributed by atoms with Crippen molar-refractivity contribution in [2.24, 2.45) is 0 Å². The van der Waals surface area contributed by atoms with Crippen LogP contribution in [0.15, 0.2) is 35.7 Å². The van der Waals surface area contributed by atoms with E-state index in [2.05, 4.69) is 20.3 Å². The Hall–Kier alpha value is -3.13. The third kappa shape index (κ3) is 5.52. The molecule has 0 aliphatic carbocycles. The molecule has 8 heteroatoms. The van der Waals surface area contributed by atoms with Crippen LogP contribution in [0.5, 0.6) is 0 Å². The zero-order chi connectivity index (χ0) is 21.8. The number of amides is 1. The van der Waals surface area contributed by atoms with Gasteiger partial charge >= 0.3 is 0 Å². The van der Waals surface area contributed by atoms with Crippen LogP contribution in [0.4, 0.5) is 11.8 Å². The third-order valence-corrected chi connectivity index (χ3v) is 5.97. The second-order valence-electron chi connectivity index (χ2n) is 7.80. The van der Waals surface area contributed by atoms with Gasteiger partial charge in [-0.3, -0.25) is 4.79 Å². The quantitative estimate of drug-likeness (QED) is 0.599. The van der Waals surface area contributed by atoms with Gasteiger partial charge in [0.2, 0.25) is 11.9 Å². The van der Waals surface area contributed by atoms with Crippen molar-refractivity contribution in [1.29, 1.82) is 0 Å². The van der Waals surface area contributed by atoms with E-state index in [1.807, 2.05) is 55.3 Å². The smallest absolute Gasteiger partial charge is 0.246 e. The number of hydrogen-bond donors (Lipinski definition) is 1. The number of nitrogens with zero attached hydrogens (tertiary/aromatic N) is 5. The molecule has 31 heavy (non-hydrogen) atoms. The lowest BCUT2D eigenvalue weighted by Crippen LogP contribution is -2.38. The number of likely N-dealkylation sites (tertiary alicyclic amines) is 1. The minimum absolute atomic E-state index is 0.0215. The van der Waals surface area contributed by atoms with Gasteiger partial charge < -0.3 is 10.2 Å². The number of anilines is 2. The molecule has 1 aliphatic heterocycles. The molecule has 160 valence electrons. The topological polar surface area (TPSA) is 83.9 Å². The molecule has 1 aliphatic rings. The third-order valence-electron chi connectivity index (χ3n) is 5.18. The van der Waals surface area contributed by atoms with Gasteiger partial charge in [0.05, 0.1) is 10.7 Å². The molecule has 0 spiro atoms. The Bertz CT molecular complexity index is 1090. The fourth-order valence-electron chi connectivity index (χ4n) is 3.78. The highest BCUT2D eigenvalue weighted by Gasteiger charge is 2.24. The van der Waals surface area contributed by atoms with Crippen molar-refractivity contribution in [3.8, 4) is 0 Å². The summed E-state index contributed by atoms with van der Waals surface area (Å²) in [5.74, 6) is 1.48. The fourth-order valence-corrected chi connectivity index (χ4v) is 4.36. The van der Waals surface area contributed by atoms with Crippen molar-refractivity contribution in [1.82, 2.24) is 24.8 Å². The predicted molar refractivity (Wildman–Crippen MR) is 123 cm³/mol. The molecule has 3 aromatic heterocycles. The highest BCUT2D eigenvalue weighted by Crippen LogP contribution is 2.27. The Morgan fingerprint density at radius 2 is 1.97 bits per heavy atom. The zero-order valence-electron chi connectivity index (χ0n) is 18.0. The number of pyridine rings is 1. The fraction of sp³-hybridized carbons (Fsp3) is 0.348. The van der Waals surface area contributed by atoms with Crippen molar-refractivity contribution >= 4 is 35.1 Å². The molecule has 0 unspecified atom stereocenters. The number of carbonyl (C=O) groups is 1. The summed E-state index contributed by atoms with van der Waals surface area (Å²) in [6.45, 7) is 7.28. The summed E-state index contributed by atoms with van der Waals surface area (Å²) in [6, 6.07) is 7.86. The van der Waals surface area contributed by atoms with Gasteiger partial charge in [0.1, 0.15) is 5.82 Å². The van der Waals surface area contributed by atoms with Crippen molar-refractivity contribution < 1.29 is 4.79 Å². The Labute approximate surface area is 186 Å². The van der Waals surface area contributed by atoms with Crippen LogP contribution in [0.25, 0.3) is 6.08 Å². The average molecular weight is 435 g/mol. The molecule has 0 radical (unpaired) electrons. The van der Waals surface area contributed by atoms with Crippen molar-refractivity contribution in [2.45, 2.75) is 39.5 Å². The molecule has 1 saturated heterocycles. The number of nitrogens with one attached hydrogen (secondary N) is 1. The monoisotopic (exact) mass is 434 g/mol. The molecule has 4 heterocycles. The number of aryl methyl sites for hydroxylation is 3. The number of carbonyl (C=O) groups excluding carboxylic acids is 1. The van der Waals surface area contributed by atoms with Crippen LogP contribution in [0.1, 0.15) is 46.5 Å². The average Bonchev–Trinajstić information content (AvgIpc) is 3.17. The van der Waals surface area contributed by atoms with E-state index < -0.39 is 0 Å². The van der Waals surface area contributed by atoms with Gasteiger partial charge in [-0.2, -0.15) is 0 Å². The SMILES string of the molecule is Cc1cc(C)nc(Nc2cccc([C@@H]3CCCN(C(=O)/C=C/c4csc(C)n4)C3)n2)n1. The highest BCUT2D eigenvalue weighted by molar-refractivity contribution is 7.09. The van der Waals surface area contributed by atoms with Crippen LogP contribution in [0.2, 0.25) is 0 Å². The Kier molecular flexibility index (Phi) is 6.36. The lowest BCUT2D eigenvalue weighted by atomic mass is 9.94. The summed E-state index contributed by atoms with van der Waals surface area (Å²) in [5.41, 5.74) is 3.63. The molecule has 1 amide bonds. The second-order valence-corrected chi connectivity index (χ2v) is 8.86. The first kappa shape index (κ1) is 21.1. The standard InChI is InChI=1S/C23H26N6OS/c1-15-12-16(2)25-23(24-15)28-21-8-4-7-20(27-21)18-6-5-11-29(13-18)22(30)10-9-19-14-31-17(3)26-19/h4,7-10,12,14,18H,5-6,11,13H2,1-3H3,(H,24,25,27,28)/b10-9+/t18-/m1/s1. The van der Waals surface area contributed by atoms with Crippen LogP contribution >= 0.6 is 11.3 Å². The number of piperidine rings is 1. The Morgan fingerprint density at radius 3 is 2.71 bits per heavy atom. The predicted octanol–water partition coefficient (Wildman–Crippen LogP) is 4.42. The van der Waals surface area contributed by atoms with Gasteiger partial charge in [-0.15, -0.1) is 11.3 Å². The summed E-state index contributed by atoms with van der Waals surface area (Å²) in [6.07, 6.45) is 5.39. The molecular weight excluding hydrogens is 408 g/mol. The van der Waals surface area contributed by atoms with Crippen LogP contribution < -0.4 is 5.32 Å². The van der Waals surface area contributed by atoms with E-state index in [0.29, 0.717) is 18.3 Å². The normalized spacial score (nSPS) is 16.6. The lowest BCUT2D eigenvalue weighted by molar-refractivity contribution is -0.127. The molecule has 7 nitrogen and oxygen atoms in total. The highest BCUT2D eigenvalue weighted by atomic mass is 32.1. The number of thiazole rings is 1. The lowest BCUT2D eigenvalue weighted by Gasteiger charge is -2.32. The molecule has 3 aromatic rings.